The van der Waals surface area contributed by atoms with Gasteiger partial charge in [0.1, 0.15) is 0 Å². The van der Waals surface area contributed by atoms with Crippen molar-refractivity contribution in [2.24, 2.45) is 11.3 Å². The lowest BCUT2D eigenvalue weighted by Crippen LogP contribution is -2.46. The number of carbonyl (C=O) groups is 2. The molecule has 2 heterocycles. The minimum absolute atomic E-state index is 0.0559. The van der Waals surface area contributed by atoms with Crippen LogP contribution in [-0.4, -0.2) is 48.9 Å². The summed E-state index contributed by atoms with van der Waals surface area (Å²) in [5.74, 6) is 0.528. The fourth-order valence-electron chi connectivity index (χ4n) is 4.44. The molecule has 23 heavy (non-hydrogen) atoms. The molecule has 1 spiro atoms. The summed E-state index contributed by atoms with van der Waals surface area (Å²) in [6.07, 6.45) is 8.27. The van der Waals surface area contributed by atoms with Crippen molar-refractivity contribution < 1.29 is 9.59 Å². The van der Waals surface area contributed by atoms with Crippen molar-refractivity contribution in [3.8, 4) is 0 Å². The summed E-state index contributed by atoms with van der Waals surface area (Å²) in [5, 5.41) is 6.50. The SMILES string of the molecule is CC(CC(=O)N1CCC2(CCNC2)CC1)NC(=O)C1CCCC1. The van der Waals surface area contributed by atoms with Gasteiger partial charge < -0.3 is 15.5 Å². The van der Waals surface area contributed by atoms with Crippen LogP contribution in [0.2, 0.25) is 0 Å². The standard InChI is InChI=1S/C18H31N3O2/c1-14(20-17(23)15-4-2-3-5-15)12-16(22)21-10-7-18(8-11-21)6-9-19-13-18/h14-15,19H,2-13H2,1H3,(H,20,23). The smallest absolute Gasteiger partial charge is 0.224 e. The predicted molar refractivity (Wildman–Crippen MR) is 89.9 cm³/mol. The Bertz CT molecular complexity index is 430. The van der Waals surface area contributed by atoms with E-state index in [1.807, 2.05) is 11.8 Å². The summed E-state index contributed by atoms with van der Waals surface area (Å²) in [5.41, 5.74) is 0.444. The van der Waals surface area contributed by atoms with Crippen LogP contribution in [-0.2, 0) is 9.59 Å². The number of hydrogen-bond acceptors (Lipinski definition) is 3. The van der Waals surface area contributed by atoms with Crippen LogP contribution in [0.1, 0.15) is 58.3 Å². The maximum Gasteiger partial charge on any atom is 0.224 e. The number of nitrogens with zero attached hydrogens (tertiary/aromatic N) is 1. The molecule has 0 aromatic rings. The first-order valence-corrected chi connectivity index (χ1v) is 9.37. The molecule has 2 aliphatic heterocycles. The molecule has 1 saturated carbocycles. The number of carbonyl (C=O) groups excluding carboxylic acids is 2. The highest BCUT2D eigenvalue weighted by Gasteiger charge is 2.38. The topological polar surface area (TPSA) is 61.4 Å². The Morgan fingerprint density at radius 2 is 1.91 bits per heavy atom. The average Bonchev–Trinajstić information content (AvgIpc) is 3.20. The lowest BCUT2D eigenvalue weighted by atomic mass is 9.78. The molecule has 1 aliphatic carbocycles. The molecule has 130 valence electrons. The molecule has 0 radical (unpaired) electrons. The fourth-order valence-corrected chi connectivity index (χ4v) is 4.44. The number of piperidine rings is 1. The van der Waals surface area contributed by atoms with Crippen LogP contribution in [0.15, 0.2) is 0 Å². The zero-order valence-corrected chi connectivity index (χ0v) is 14.4. The maximum atomic E-state index is 12.5. The largest absolute Gasteiger partial charge is 0.353 e. The average molecular weight is 321 g/mol. The molecule has 1 atom stereocenters. The van der Waals surface area contributed by atoms with Gasteiger partial charge in [0.05, 0.1) is 0 Å². The third-order valence-corrected chi connectivity index (χ3v) is 6.10. The van der Waals surface area contributed by atoms with Crippen molar-refractivity contribution in [1.29, 1.82) is 0 Å². The van der Waals surface area contributed by atoms with E-state index >= 15 is 0 Å². The molecule has 5 heteroatoms. The van der Waals surface area contributed by atoms with Gasteiger partial charge in [0.25, 0.3) is 0 Å². The molecule has 0 aromatic heterocycles. The summed E-state index contributed by atoms with van der Waals surface area (Å²) < 4.78 is 0. The van der Waals surface area contributed by atoms with Crippen LogP contribution in [0.25, 0.3) is 0 Å². The molecular formula is C18H31N3O2. The molecule has 0 bridgehead atoms. The number of nitrogens with one attached hydrogen (secondary N) is 2. The number of amides is 2. The molecule has 2 N–H and O–H groups in total. The van der Waals surface area contributed by atoms with Crippen molar-refractivity contribution in [1.82, 2.24) is 15.5 Å². The summed E-state index contributed by atoms with van der Waals surface area (Å²) in [6.45, 7) is 5.95. The molecule has 0 aromatic carbocycles. The van der Waals surface area contributed by atoms with Crippen LogP contribution in [0.3, 0.4) is 0 Å². The molecule has 3 fully saturated rings. The van der Waals surface area contributed by atoms with Gasteiger partial charge in [-0.05, 0) is 51.0 Å². The first-order valence-electron chi connectivity index (χ1n) is 9.37. The third kappa shape index (κ3) is 4.06. The predicted octanol–water partition coefficient (Wildman–Crippen LogP) is 1.67. The van der Waals surface area contributed by atoms with E-state index in [-0.39, 0.29) is 23.8 Å². The van der Waals surface area contributed by atoms with E-state index in [1.165, 1.54) is 6.42 Å². The minimum Gasteiger partial charge on any atom is -0.353 e. The lowest BCUT2D eigenvalue weighted by molar-refractivity contribution is -0.134. The normalized spacial score (nSPS) is 25.7. The highest BCUT2D eigenvalue weighted by molar-refractivity contribution is 5.81. The van der Waals surface area contributed by atoms with Gasteiger partial charge in [0.15, 0.2) is 0 Å². The van der Waals surface area contributed by atoms with E-state index in [0.29, 0.717) is 11.8 Å². The van der Waals surface area contributed by atoms with Crippen LogP contribution in [0, 0.1) is 11.3 Å². The summed E-state index contributed by atoms with van der Waals surface area (Å²) in [7, 11) is 0. The van der Waals surface area contributed by atoms with E-state index in [4.69, 9.17) is 0 Å². The summed E-state index contributed by atoms with van der Waals surface area (Å²) in [4.78, 5) is 26.6. The number of rotatable bonds is 4. The van der Waals surface area contributed by atoms with Gasteiger partial charge in [-0.3, -0.25) is 9.59 Å². The zero-order chi connectivity index (χ0) is 16.3. The highest BCUT2D eigenvalue weighted by atomic mass is 16.2. The Balaban J connectivity index is 1.41. The second-order valence-electron chi connectivity index (χ2n) is 7.90. The van der Waals surface area contributed by atoms with E-state index in [1.54, 1.807) is 0 Å². The van der Waals surface area contributed by atoms with Gasteiger partial charge >= 0.3 is 0 Å². The van der Waals surface area contributed by atoms with Crippen molar-refractivity contribution in [2.75, 3.05) is 26.2 Å². The molecule has 3 aliphatic rings. The van der Waals surface area contributed by atoms with Gasteiger partial charge in [-0.15, -0.1) is 0 Å². The minimum atomic E-state index is -0.0559. The van der Waals surface area contributed by atoms with Crippen molar-refractivity contribution >= 4 is 11.8 Å². The molecule has 2 amide bonds. The van der Waals surface area contributed by atoms with Crippen molar-refractivity contribution in [3.63, 3.8) is 0 Å². The van der Waals surface area contributed by atoms with Crippen LogP contribution in [0.4, 0.5) is 0 Å². The Hall–Kier alpha value is -1.10. The van der Waals surface area contributed by atoms with E-state index < -0.39 is 0 Å². The monoisotopic (exact) mass is 321 g/mol. The lowest BCUT2D eigenvalue weighted by Gasteiger charge is -2.39. The summed E-state index contributed by atoms with van der Waals surface area (Å²) >= 11 is 0. The third-order valence-electron chi connectivity index (χ3n) is 6.10. The number of likely N-dealkylation sites (tertiary alicyclic amines) is 1. The van der Waals surface area contributed by atoms with Gasteiger partial charge in [0, 0.05) is 38.0 Å². The molecule has 3 rings (SSSR count). The molecule has 1 unspecified atom stereocenters. The van der Waals surface area contributed by atoms with E-state index in [2.05, 4.69) is 10.6 Å². The van der Waals surface area contributed by atoms with Crippen LogP contribution in [0.5, 0.6) is 0 Å². The van der Waals surface area contributed by atoms with Crippen molar-refractivity contribution in [2.45, 2.75) is 64.3 Å². The first-order chi connectivity index (χ1) is 11.1. The van der Waals surface area contributed by atoms with Gasteiger partial charge in [-0.1, -0.05) is 12.8 Å². The van der Waals surface area contributed by atoms with Gasteiger partial charge in [-0.25, -0.2) is 0 Å². The molecule has 5 nitrogen and oxygen atoms in total. The van der Waals surface area contributed by atoms with Crippen LogP contribution >= 0.6 is 0 Å². The Morgan fingerprint density at radius 3 is 2.52 bits per heavy atom. The van der Waals surface area contributed by atoms with Crippen LogP contribution < -0.4 is 10.6 Å². The fraction of sp³-hybridized carbons (Fsp3) is 0.889. The molecule has 2 saturated heterocycles. The maximum absolute atomic E-state index is 12.5. The van der Waals surface area contributed by atoms with Gasteiger partial charge in [-0.2, -0.15) is 0 Å². The highest BCUT2D eigenvalue weighted by Crippen LogP contribution is 2.37. The van der Waals surface area contributed by atoms with Crippen molar-refractivity contribution in [3.05, 3.63) is 0 Å². The summed E-state index contributed by atoms with van der Waals surface area (Å²) in [6, 6.07) is -0.0559. The Morgan fingerprint density at radius 1 is 1.22 bits per heavy atom. The quantitative estimate of drug-likeness (QED) is 0.828. The number of hydrogen-bond donors (Lipinski definition) is 2. The van der Waals surface area contributed by atoms with E-state index in [0.717, 1.165) is 64.7 Å². The Kier molecular flexibility index (Phi) is 5.24. The zero-order valence-electron chi connectivity index (χ0n) is 14.4. The Labute approximate surface area is 139 Å². The second-order valence-corrected chi connectivity index (χ2v) is 7.90. The van der Waals surface area contributed by atoms with E-state index in [9.17, 15) is 9.59 Å². The van der Waals surface area contributed by atoms with Gasteiger partial charge in [0.2, 0.25) is 11.8 Å². The first kappa shape index (κ1) is 16.7. The molecular weight excluding hydrogens is 290 g/mol. The second kappa shape index (κ2) is 7.20.